The van der Waals surface area contributed by atoms with E-state index in [0.29, 0.717) is 6.07 Å². The summed E-state index contributed by atoms with van der Waals surface area (Å²) in [5.74, 6) is -1.72. The molecule has 21 heavy (non-hydrogen) atoms. The number of nitrogens with one attached hydrogen (secondary N) is 1. The summed E-state index contributed by atoms with van der Waals surface area (Å²) >= 11 is 0. The van der Waals surface area contributed by atoms with Crippen LogP contribution in [0.1, 0.15) is 10.4 Å². The average Bonchev–Trinajstić information content (AvgIpc) is 2.36. The normalized spacial score (nSPS) is 11.7. The van der Waals surface area contributed by atoms with Crippen molar-refractivity contribution in [2.24, 2.45) is 5.14 Å². The molecule has 1 amide bonds. The number of carbonyl (C=O) groups excluding carboxylic acids is 1. The smallest absolute Gasteiger partial charge is 0.261 e. The number of nitrogens with two attached hydrogens (primary N) is 1. The second-order valence-electron chi connectivity index (χ2n) is 3.94. The predicted molar refractivity (Wildman–Crippen MR) is 66.9 cm³/mol. The van der Waals surface area contributed by atoms with Crippen molar-refractivity contribution in [3.05, 3.63) is 29.6 Å². The molecule has 118 valence electrons. The van der Waals surface area contributed by atoms with E-state index >= 15 is 0 Å². The minimum atomic E-state index is -4.15. The Morgan fingerprint density at radius 1 is 1.33 bits per heavy atom. The molecule has 0 radical (unpaired) electrons. The van der Waals surface area contributed by atoms with E-state index < -0.39 is 39.7 Å². The van der Waals surface area contributed by atoms with Crippen LogP contribution in [-0.4, -0.2) is 40.5 Å². The van der Waals surface area contributed by atoms with Gasteiger partial charge in [-0.25, -0.2) is 26.7 Å². The lowest BCUT2D eigenvalue weighted by molar-refractivity contribution is 0.0188. The summed E-state index contributed by atoms with van der Waals surface area (Å²) in [4.78, 5) is 11.1. The number of hydrogen-bond acceptors (Lipinski definition) is 4. The van der Waals surface area contributed by atoms with Gasteiger partial charge >= 0.3 is 0 Å². The van der Waals surface area contributed by atoms with Crippen LogP contribution in [0.3, 0.4) is 0 Å². The largest absolute Gasteiger partial charge is 0.374 e. The highest BCUT2D eigenvalue weighted by molar-refractivity contribution is 7.89. The zero-order valence-electron chi connectivity index (χ0n) is 10.7. The molecule has 0 spiro atoms. The zero-order chi connectivity index (χ0) is 16.0. The zero-order valence-corrected chi connectivity index (χ0v) is 11.5. The summed E-state index contributed by atoms with van der Waals surface area (Å²) in [5.41, 5.74) is -0.257. The van der Waals surface area contributed by atoms with Gasteiger partial charge < -0.3 is 10.1 Å². The highest BCUT2D eigenvalue weighted by Crippen LogP contribution is 2.13. The van der Waals surface area contributed by atoms with Crippen LogP contribution < -0.4 is 10.5 Å². The number of alkyl halides is 2. The lowest BCUT2D eigenvalue weighted by Crippen LogP contribution is -2.28. The van der Waals surface area contributed by atoms with E-state index in [1.54, 1.807) is 0 Å². The van der Waals surface area contributed by atoms with Gasteiger partial charge in [0.1, 0.15) is 12.4 Å². The van der Waals surface area contributed by atoms with Gasteiger partial charge in [0, 0.05) is 12.1 Å². The number of benzene rings is 1. The Kier molecular flexibility index (Phi) is 6.12. The SMILES string of the molecule is NS(=O)(=O)c1cc(F)cc(C(=O)NCCOCC(F)F)c1. The first-order valence-electron chi connectivity index (χ1n) is 5.67. The number of sulfonamides is 1. The molecule has 0 aromatic heterocycles. The second-order valence-corrected chi connectivity index (χ2v) is 5.50. The molecule has 10 heteroatoms. The predicted octanol–water partition coefficient (Wildman–Crippen LogP) is 0.485. The third-order valence-electron chi connectivity index (χ3n) is 2.24. The summed E-state index contributed by atoms with van der Waals surface area (Å²) < 4.78 is 63.5. The quantitative estimate of drug-likeness (QED) is 0.712. The molecule has 1 aromatic carbocycles. The summed E-state index contributed by atoms with van der Waals surface area (Å²) in [5, 5.41) is 7.11. The Morgan fingerprint density at radius 2 is 2.00 bits per heavy atom. The Morgan fingerprint density at radius 3 is 2.57 bits per heavy atom. The number of carbonyl (C=O) groups is 1. The van der Waals surface area contributed by atoms with Crippen LogP contribution in [0.25, 0.3) is 0 Å². The molecular weight excluding hydrogens is 313 g/mol. The van der Waals surface area contributed by atoms with Crippen molar-refractivity contribution in [2.75, 3.05) is 19.8 Å². The summed E-state index contributed by atoms with van der Waals surface area (Å²) in [6.07, 6.45) is -2.61. The Bertz CT molecular complexity index is 607. The fraction of sp³-hybridized carbons (Fsp3) is 0.364. The third-order valence-corrected chi connectivity index (χ3v) is 3.13. The maximum absolute atomic E-state index is 13.2. The van der Waals surface area contributed by atoms with Gasteiger partial charge in [0.25, 0.3) is 12.3 Å². The molecular formula is C11H13F3N2O4S. The van der Waals surface area contributed by atoms with Gasteiger partial charge in [-0.3, -0.25) is 4.79 Å². The van der Waals surface area contributed by atoms with Crippen LogP contribution in [0.4, 0.5) is 13.2 Å². The standard InChI is InChI=1S/C11H13F3N2O4S/c12-8-3-7(4-9(5-8)21(15,18)19)11(17)16-1-2-20-6-10(13)14/h3-5,10H,1-2,6H2,(H,16,17)(H2,15,18,19). The average molecular weight is 326 g/mol. The molecule has 3 N–H and O–H groups in total. The first-order valence-corrected chi connectivity index (χ1v) is 7.22. The van der Waals surface area contributed by atoms with Crippen molar-refractivity contribution in [1.82, 2.24) is 5.32 Å². The van der Waals surface area contributed by atoms with Crippen LogP contribution in [-0.2, 0) is 14.8 Å². The van der Waals surface area contributed by atoms with Crippen molar-refractivity contribution >= 4 is 15.9 Å². The minimum absolute atomic E-state index is 0.0905. The number of ether oxygens (including phenoxy) is 1. The molecule has 0 atom stereocenters. The summed E-state index contributed by atoms with van der Waals surface area (Å²) in [7, 11) is -4.15. The fourth-order valence-electron chi connectivity index (χ4n) is 1.37. The van der Waals surface area contributed by atoms with Gasteiger partial charge in [-0.2, -0.15) is 0 Å². The third kappa shape index (κ3) is 6.10. The molecule has 0 aliphatic carbocycles. The second kappa shape index (κ2) is 7.38. The minimum Gasteiger partial charge on any atom is -0.374 e. The van der Waals surface area contributed by atoms with Crippen LogP contribution >= 0.6 is 0 Å². The van der Waals surface area contributed by atoms with E-state index in [-0.39, 0.29) is 18.7 Å². The fourth-order valence-corrected chi connectivity index (χ4v) is 1.94. The highest BCUT2D eigenvalue weighted by atomic mass is 32.2. The van der Waals surface area contributed by atoms with E-state index in [1.165, 1.54) is 0 Å². The van der Waals surface area contributed by atoms with Crippen molar-refractivity contribution in [3.63, 3.8) is 0 Å². The van der Waals surface area contributed by atoms with Crippen LogP contribution in [0.15, 0.2) is 23.1 Å². The Balaban J connectivity index is 2.64. The monoisotopic (exact) mass is 326 g/mol. The molecule has 0 aliphatic rings. The molecule has 0 fully saturated rings. The number of halogens is 3. The van der Waals surface area contributed by atoms with E-state index in [1.807, 2.05) is 0 Å². The number of rotatable bonds is 7. The maximum Gasteiger partial charge on any atom is 0.261 e. The first-order chi connectivity index (χ1) is 9.70. The number of hydrogen-bond donors (Lipinski definition) is 2. The molecule has 1 aromatic rings. The molecule has 0 aliphatic heterocycles. The van der Waals surface area contributed by atoms with E-state index in [4.69, 9.17) is 5.14 Å². The first kappa shape index (κ1) is 17.4. The van der Waals surface area contributed by atoms with Crippen molar-refractivity contribution in [1.29, 1.82) is 0 Å². The van der Waals surface area contributed by atoms with E-state index in [2.05, 4.69) is 10.1 Å². The maximum atomic E-state index is 13.2. The summed E-state index contributed by atoms with van der Waals surface area (Å²) in [6.45, 7) is -1.01. The van der Waals surface area contributed by atoms with E-state index in [0.717, 1.165) is 12.1 Å². The van der Waals surface area contributed by atoms with Gasteiger partial charge in [0.15, 0.2) is 0 Å². The Labute approximate surface area is 119 Å². The lowest BCUT2D eigenvalue weighted by atomic mass is 10.2. The van der Waals surface area contributed by atoms with Gasteiger partial charge in [0.05, 0.1) is 11.5 Å². The topological polar surface area (TPSA) is 98.5 Å². The van der Waals surface area contributed by atoms with E-state index in [9.17, 15) is 26.4 Å². The molecule has 1 rings (SSSR count). The van der Waals surface area contributed by atoms with Gasteiger partial charge in [-0.05, 0) is 18.2 Å². The van der Waals surface area contributed by atoms with Crippen molar-refractivity contribution in [2.45, 2.75) is 11.3 Å². The summed E-state index contributed by atoms with van der Waals surface area (Å²) in [6, 6.07) is 2.41. The highest BCUT2D eigenvalue weighted by Gasteiger charge is 2.14. The number of primary sulfonamides is 1. The van der Waals surface area contributed by atoms with Gasteiger partial charge in [-0.15, -0.1) is 0 Å². The van der Waals surface area contributed by atoms with Crippen LogP contribution in [0, 0.1) is 5.82 Å². The van der Waals surface area contributed by atoms with Gasteiger partial charge in [0.2, 0.25) is 10.0 Å². The van der Waals surface area contributed by atoms with Crippen LogP contribution in [0.2, 0.25) is 0 Å². The lowest BCUT2D eigenvalue weighted by Gasteiger charge is -2.07. The van der Waals surface area contributed by atoms with Crippen molar-refractivity contribution < 1.29 is 31.1 Å². The molecule has 0 saturated heterocycles. The van der Waals surface area contributed by atoms with Crippen LogP contribution in [0.5, 0.6) is 0 Å². The molecule has 6 nitrogen and oxygen atoms in total. The van der Waals surface area contributed by atoms with Crippen molar-refractivity contribution in [3.8, 4) is 0 Å². The molecule has 0 saturated carbocycles. The molecule has 0 heterocycles. The number of amides is 1. The Hall–Kier alpha value is -1.65. The van der Waals surface area contributed by atoms with Gasteiger partial charge in [-0.1, -0.05) is 0 Å². The molecule has 0 unspecified atom stereocenters. The molecule has 0 bridgehead atoms.